The summed E-state index contributed by atoms with van der Waals surface area (Å²) in [6, 6.07) is 14.9. The van der Waals surface area contributed by atoms with Crippen LogP contribution in [-0.2, 0) is 6.54 Å². The molecule has 1 saturated carbocycles. The van der Waals surface area contributed by atoms with Gasteiger partial charge in [0.15, 0.2) is 0 Å². The molecule has 2 aromatic carbocycles. The number of benzene rings is 2. The molecule has 2 aliphatic rings. The molecule has 0 saturated heterocycles. The van der Waals surface area contributed by atoms with E-state index in [1.54, 1.807) is 0 Å². The highest BCUT2D eigenvalue weighted by Crippen LogP contribution is 2.28. The average Bonchev–Trinajstić information content (AvgIpc) is 3.28. The summed E-state index contributed by atoms with van der Waals surface area (Å²) in [6.45, 7) is 5.53. The zero-order valence-electron chi connectivity index (χ0n) is 21.4. The van der Waals surface area contributed by atoms with E-state index in [9.17, 15) is 4.79 Å². The quantitative estimate of drug-likeness (QED) is 0.338. The van der Waals surface area contributed by atoms with Crippen molar-refractivity contribution < 1.29 is 4.79 Å². The number of aliphatic imine (C=N–C) groups is 1. The van der Waals surface area contributed by atoms with Crippen molar-refractivity contribution in [3.8, 4) is 0 Å². The van der Waals surface area contributed by atoms with Crippen LogP contribution in [0.3, 0.4) is 0 Å². The zero-order chi connectivity index (χ0) is 24.2. The highest BCUT2D eigenvalue weighted by Gasteiger charge is 2.29. The van der Waals surface area contributed by atoms with Gasteiger partial charge in [-0.3, -0.25) is 9.79 Å². The van der Waals surface area contributed by atoms with E-state index in [0.29, 0.717) is 6.54 Å². The third-order valence-corrected chi connectivity index (χ3v) is 6.96. The monoisotopic (exact) mass is 542 g/mol. The third kappa shape index (κ3) is 6.51. The molecule has 2 atom stereocenters. The first-order chi connectivity index (χ1) is 17.1. The Morgan fingerprint density at radius 3 is 2.54 bits per heavy atom. The number of rotatable bonds is 7. The summed E-state index contributed by atoms with van der Waals surface area (Å²) in [5.41, 5.74) is 4.39. The van der Waals surface area contributed by atoms with E-state index < -0.39 is 0 Å². The summed E-state index contributed by atoms with van der Waals surface area (Å²) in [7, 11) is 0. The number of aryl methyl sites for hydroxylation is 1. The molecule has 3 aromatic rings. The summed E-state index contributed by atoms with van der Waals surface area (Å²) < 4.78 is 0. The lowest BCUT2D eigenvalue weighted by molar-refractivity contribution is 0.0943. The standard InChI is InChI=1S/C28H34N6O.2ClH/c1-3-4-15-29-28(35)27-31-22-14-13-18(2)16-21(22)26(34-27)33-24-12-8-7-11-23(24)32-25-20-10-6-5-9-19(20)17-30-25;;/h5-6,9-10,13-14,16,23-24H,3-4,7-8,11-12,15,17H2,1-2H3,(H,29,35)(H,30,32)(H,31,33,34);2*1H/t23-,24+;;/m1../s1. The van der Waals surface area contributed by atoms with Crippen LogP contribution in [0.5, 0.6) is 0 Å². The van der Waals surface area contributed by atoms with E-state index >= 15 is 0 Å². The molecule has 1 amide bonds. The van der Waals surface area contributed by atoms with Gasteiger partial charge in [-0.15, -0.1) is 24.8 Å². The highest BCUT2D eigenvalue weighted by molar-refractivity contribution is 6.02. The molecule has 0 unspecified atom stereocenters. The van der Waals surface area contributed by atoms with Crippen molar-refractivity contribution in [3.05, 3.63) is 65.0 Å². The molecule has 0 bridgehead atoms. The first-order valence-electron chi connectivity index (χ1n) is 12.8. The van der Waals surface area contributed by atoms with Gasteiger partial charge in [-0.25, -0.2) is 9.97 Å². The Labute approximate surface area is 231 Å². The smallest absolute Gasteiger partial charge is 0.289 e. The Hall–Kier alpha value is -2.90. The number of carbonyl (C=O) groups is 1. The number of nitrogens with zero attached hydrogens (tertiary/aromatic N) is 3. The summed E-state index contributed by atoms with van der Waals surface area (Å²) in [6.07, 6.45) is 6.39. The fourth-order valence-electron chi connectivity index (χ4n) is 5.00. The van der Waals surface area contributed by atoms with Gasteiger partial charge in [-0.05, 0) is 43.9 Å². The van der Waals surface area contributed by atoms with Gasteiger partial charge in [-0.2, -0.15) is 0 Å². The van der Waals surface area contributed by atoms with Gasteiger partial charge in [0.2, 0.25) is 5.82 Å². The minimum Gasteiger partial charge on any atom is -0.365 e. The van der Waals surface area contributed by atoms with Crippen molar-refractivity contribution in [2.75, 3.05) is 11.9 Å². The summed E-state index contributed by atoms with van der Waals surface area (Å²) in [4.78, 5) is 26.9. The fraction of sp³-hybridized carbons (Fsp3) is 0.429. The molecule has 0 spiro atoms. The minimum absolute atomic E-state index is 0. The second-order valence-electron chi connectivity index (χ2n) is 9.63. The third-order valence-electron chi connectivity index (χ3n) is 6.96. The number of hydrogen-bond acceptors (Lipinski definition) is 6. The molecular formula is C28H36Cl2N6O. The number of hydrogen-bond donors (Lipinski definition) is 3. The van der Waals surface area contributed by atoms with Crippen LogP contribution in [0.2, 0.25) is 0 Å². The van der Waals surface area contributed by atoms with Crippen molar-refractivity contribution in [2.45, 2.75) is 71.0 Å². The predicted molar refractivity (Wildman–Crippen MR) is 155 cm³/mol. The van der Waals surface area contributed by atoms with Crippen molar-refractivity contribution in [2.24, 2.45) is 4.99 Å². The molecule has 5 rings (SSSR count). The highest BCUT2D eigenvalue weighted by atomic mass is 35.5. The van der Waals surface area contributed by atoms with E-state index in [2.05, 4.69) is 65.1 Å². The number of aromatic nitrogens is 2. The molecule has 2 heterocycles. The molecule has 3 N–H and O–H groups in total. The van der Waals surface area contributed by atoms with Gasteiger partial charge < -0.3 is 16.0 Å². The molecule has 1 fully saturated rings. The number of amidine groups is 1. The van der Waals surface area contributed by atoms with Crippen molar-refractivity contribution in [3.63, 3.8) is 0 Å². The number of carbonyl (C=O) groups excluding carboxylic acids is 1. The average molecular weight is 544 g/mol. The number of anilines is 1. The van der Waals surface area contributed by atoms with Crippen molar-refractivity contribution in [1.29, 1.82) is 0 Å². The number of fused-ring (bicyclic) bond motifs is 2. The SMILES string of the molecule is CCCCNC(=O)c1nc(N[C@H]2CCCC[C@H]2NC2=NCc3ccccc32)c2cc(C)ccc2n1.Cl.Cl. The van der Waals surface area contributed by atoms with Gasteiger partial charge in [0.1, 0.15) is 11.7 Å². The van der Waals surface area contributed by atoms with E-state index in [-0.39, 0.29) is 48.6 Å². The van der Waals surface area contributed by atoms with Gasteiger partial charge in [-0.1, -0.05) is 62.1 Å². The lowest BCUT2D eigenvalue weighted by Gasteiger charge is -2.34. The van der Waals surface area contributed by atoms with Gasteiger partial charge >= 0.3 is 0 Å². The first-order valence-corrected chi connectivity index (χ1v) is 12.8. The Morgan fingerprint density at radius 2 is 1.76 bits per heavy atom. The van der Waals surface area contributed by atoms with E-state index in [4.69, 9.17) is 9.98 Å². The van der Waals surface area contributed by atoms with E-state index in [0.717, 1.165) is 66.8 Å². The molecule has 9 heteroatoms. The summed E-state index contributed by atoms with van der Waals surface area (Å²) in [5.74, 6) is 1.71. The van der Waals surface area contributed by atoms with Crippen LogP contribution in [0, 0.1) is 6.92 Å². The topological polar surface area (TPSA) is 91.3 Å². The lowest BCUT2D eigenvalue weighted by Crippen LogP contribution is -2.48. The molecule has 37 heavy (non-hydrogen) atoms. The predicted octanol–water partition coefficient (Wildman–Crippen LogP) is 5.58. The van der Waals surface area contributed by atoms with Gasteiger partial charge in [0, 0.05) is 29.6 Å². The number of halogens is 2. The molecule has 7 nitrogen and oxygen atoms in total. The normalized spacial score (nSPS) is 18.2. The van der Waals surface area contributed by atoms with Gasteiger partial charge in [0.25, 0.3) is 5.91 Å². The Morgan fingerprint density at radius 1 is 1.00 bits per heavy atom. The zero-order valence-corrected chi connectivity index (χ0v) is 23.1. The maximum atomic E-state index is 12.8. The number of amides is 1. The molecule has 1 aromatic heterocycles. The Kier molecular flexibility index (Phi) is 10.1. The van der Waals surface area contributed by atoms with Crippen molar-refractivity contribution >= 4 is 53.3 Å². The molecule has 1 aliphatic heterocycles. The van der Waals surface area contributed by atoms with Crippen LogP contribution in [0.1, 0.15) is 72.8 Å². The van der Waals surface area contributed by atoms with Gasteiger partial charge in [0.05, 0.1) is 12.1 Å². The summed E-state index contributed by atoms with van der Waals surface area (Å²) >= 11 is 0. The van der Waals surface area contributed by atoms with E-state index in [1.165, 1.54) is 17.5 Å². The van der Waals surface area contributed by atoms with Crippen LogP contribution in [-0.4, -0.2) is 40.3 Å². The largest absolute Gasteiger partial charge is 0.365 e. The Balaban J connectivity index is 0.00000190. The van der Waals surface area contributed by atoms with Crippen LogP contribution in [0.4, 0.5) is 5.82 Å². The first kappa shape index (κ1) is 28.7. The number of unbranched alkanes of at least 4 members (excludes halogenated alkanes) is 1. The van der Waals surface area contributed by atoms with E-state index in [1.807, 2.05) is 12.1 Å². The van der Waals surface area contributed by atoms with Crippen LogP contribution in [0.25, 0.3) is 10.9 Å². The lowest BCUT2D eigenvalue weighted by atomic mass is 9.89. The van der Waals surface area contributed by atoms with Crippen LogP contribution >= 0.6 is 24.8 Å². The molecular weight excluding hydrogens is 507 g/mol. The molecule has 0 radical (unpaired) electrons. The maximum absolute atomic E-state index is 12.8. The van der Waals surface area contributed by atoms with Crippen LogP contribution < -0.4 is 16.0 Å². The van der Waals surface area contributed by atoms with Crippen LogP contribution in [0.15, 0.2) is 47.5 Å². The summed E-state index contributed by atoms with van der Waals surface area (Å²) in [5, 5.41) is 11.4. The fourth-order valence-corrected chi connectivity index (χ4v) is 5.00. The van der Waals surface area contributed by atoms with Crippen molar-refractivity contribution in [1.82, 2.24) is 20.6 Å². The number of nitrogens with one attached hydrogen (secondary N) is 3. The molecule has 198 valence electrons. The maximum Gasteiger partial charge on any atom is 0.289 e. The second-order valence-corrected chi connectivity index (χ2v) is 9.63. The minimum atomic E-state index is -0.223. The molecule has 1 aliphatic carbocycles. The Bertz CT molecular complexity index is 1260. The second kappa shape index (κ2) is 13.1.